The van der Waals surface area contributed by atoms with Crippen molar-refractivity contribution >= 4 is 35.4 Å². The van der Waals surface area contributed by atoms with Crippen molar-refractivity contribution in [2.75, 3.05) is 13.2 Å². The second-order valence-electron chi connectivity index (χ2n) is 7.63. The summed E-state index contributed by atoms with van der Waals surface area (Å²) in [5, 5.41) is 5.19. The predicted molar refractivity (Wildman–Crippen MR) is 102 cm³/mol. The van der Waals surface area contributed by atoms with Gasteiger partial charge in [-0.2, -0.15) is 0 Å². The number of urea groups is 1. The van der Waals surface area contributed by atoms with Crippen molar-refractivity contribution in [1.29, 1.82) is 0 Å². The van der Waals surface area contributed by atoms with E-state index in [0.717, 1.165) is 5.56 Å². The van der Waals surface area contributed by atoms with Crippen LogP contribution in [0.5, 0.6) is 0 Å². The van der Waals surface area contributed by atoms with Crippen LogP contribution in [0, 0.1) is 5.92 Å². The molecule has 1 atom stereocenters. The summed E-state index contributed by atoms with van der Waals surface area (Å²) in [6.45, 7) is 5.20. The van der Waals surface area contributed by atoms with Gasteiger partial charge in [-0.25, -0.2) is 4.79 Å². The highest BCUT2D eigenvalue weighted by Gasteiger charge is 2.35. The van der Waals surface area contributed by atoms with Gasteiger partial charge in [0.25, 0.3) is 5.91 Å². The molecule has 0 radical (unpaired) electrons. The Morgan fingerprint density at radius 2 is 1.93 bits per heavy atom. The number of hydrogen-bond donors (Lipinski definition) is 2. The van der Waals surface area contributed by atoms with Crippen molar-refractivity contribution in [3.05, 3.63) is 34.9 Å². The van der Waals surface area contributed by atoms with Crippen molar-refractivity contribution < 1.29 is 23.9 Å². The highest BCUT2D eigenvalue weighted by atomic mass is 35.5. The number of benzene rings is 1. The summed E-state index contributed by atoms with van der Waals surface area (Å²) in [5.41, 5.74) is 0.284. The van der Waals surface area contributed by atoms with Crippen LogP contribution in [0.2, 0.25) is 5.02 Å². The Kier molecular flexibility index (Phi) is 7.01. The summed E-state index contributed by atoms with van der Waals surface area (Å²) < 4.78 is 4.95. The lowest BCUT2D eigenvalue weighted by atomic mass is 10.1. The molecule has 28 heavy (non-hydrogen) atoms. The van der Waals surface area contributed by atoms with Crippen LogP contribution in [-0.4, -0.2) is 47.4 Å². The van der Waals surface area contributed by atoms with E-state index in [1.807, 2.05) is 12.1 Å². The van der Waals surface area contributed by atoms with E-state index in [0.29, 0.717) is 11.6 Å². The first-order chi connectivity index (χ1) is 13.0. The fraction of sp³-hybridized carbons (Fsp3) is 0.474. The summed E-state index contributed by atoms with van der Waals surface area (Å²) in [4.78, 5) is 49.2. The smallest absolute Gasteiger partial charge is 0.321 e. The molecule has 1 fully saturated rings. The maximum atomic E-state index is 12.2. The van der Waals surface area contributed by atoms with Gasteiger partial charge in [-0.05, 0) is 32.4 Å². The first-order valence-corrected chi connectivity index (χ1v) is 9.23. The highest BCUT2D eigenvalue weighted by molar-refractivity contribution is 6.31. The summed E-state index contributed by atoms with van der Waals surface area (Å²) in [6, 6.07) is 6.49. The maximum Gasteiger partial charge on any atom is 0.321 e. The first-order valence-electron chi connectivity index (χ1n) is 8.85. The molecule has 1 aliphatic heterocycles. The lowest BCUT2D eigenvalue weighted by Crippen LogP contribution is -2.49. The van der Waals surface area contributed by atoms with E-state index in [9.17, 15) is 19.2 Å². The molecule has 0 aromatic heterocycles. The van der Waals surface area contributed by atoms with Gasteiger partial charge in [-0.1, -0.05) is 29.8 Å². The largest absolute Gasteiger partial charge is 0.455 e. The fourth-order valence-corrected chi connectivity index (χ4v) is 2.90. The van der Waals surface area contributed by atoms with E-state index < -0.39 is 36.0 Å². The molecule has 9 heteroatoms. The van der Waals surface area contributed by atoms with Gasteiger partial charge in [-0.3, -0.25) is 19.7 Å². The molecule has 0 spiro atoms. The molecule has 0 unspecified atom stereocenters. The van der Waals surface area contributed by atoms with Gasteiger partial charge in [0, 0.05) is 30.1 Å². The van der Waals surface area contributed by atoms with Gasteiger partial charge in [0.15, 0.2) is 6.61 Å². The third kappa shape index (κ3) is 6.53. The van der Waals surface area contributed by atoms with Crippen LogP contribution >= 0.6 is 11.6 Å². The van der Waals surface area contributed by atoms with Gasteiger partial charge in [-0.15, -0.1) is 0 Å². The molecule has 1 aromatic carbocycles. The molecule has 152 valence electrons. The third-order valence-corrected chi connectivity index (χ3v) is 4.32. The molecule has 0 aliphatic carbocycles. The summed E-state index contributed by atoms with van der Waals surface area (Å²) in [6.07, 6.45) is 0.00934. The van der Waals surface area contributed by atoms with E-state index in [-0.39, 0.29) is 18.9 Å². The van der Waals surface area contributed by atoms with Crippen LogP contribution in [0.1, 0.15) is 32.8 Å². The van der Waals surface area contributed by atoms with Crippen LogP contribution in [0.3, 0.4) is 0 Å². The number of esters is 1. The standard InChI is InChI=1S/C19H24ClN3O5/c1-19(2,3)22-18(27)21-15(24)11-28-17(26)13-8-16(25)23(10-13)9-12-6-4-5-7-14(12)20/h4-7,13H,8-11H2,1-3H3,(H2,21,22,24,27)/t13-/m0/s1. The van der Waals surface area contributed by atoms with Crippen LogP contribution in [-0.2, 0) is 25.7 Å². The average molecular weight is 410 g/mol. The van der Waals surface area contributed by atoms with Crippen LogP contribution in [0.15, 0.2) is 24.3 Å². The molecule has 2 rings (SSSR count). The number of rotatable bonds is 5. The van der Waals surface area contributed by atoms with Gasteiger partial charge in [0.2, 0.25) is 5.91 Å². The molecule has 1 aromatic rings. The lowest BCUT2D eigenvalue weighted by molar-refractivity contribution is -0.152. The number of amides is 4. The first kappa shape index (κ1) is 21.7. The molecule has 2 N–H and O–H groups in total. The van der Waals surface area contributed by atoms with Gasteiger partial charge in [0.1, 0.15) is 0 Å². The van der Waals surface area contributed by atoms with E-state index in [1.54, 1.807) is 32.9 Å². The van der Waals surface area contributed by atoms with Crippen molar-refractivity contribution in [3.63, 3.8) is 0 Å². The second-order valence-corrected chi connectivity index (χ2v) is 8.03. The fourth-order valence-electron chi connectivity index (χ4n) is 2.70. The highest BCUT2D eigenvalue weighted by Crippen LogP contribution is 2.24. The number of carbonyl (C=O) groups excluding carboxylic acids is 4. The Morgan fingerprint density at radius 3 is 2.57 bits per heavy atom. The van der Waals surface area contributed by atoms with Crippen molar-refractivity contribution in [2.45, 2.75) is 39.3 Å². The number of halogens is 1. The number of likely N-dealkylation sites (tertiary alicyclic amines) is 1. The molecule has 1 aliphatic rings. The maximum absolute atomic E-state index is 12.2. The van der Waals surface area contributed by atoms with E-state index in [4.69, 9.17) is 16.3 Å². The van der Waals surface area contributed by atoms with Crippen LogP contribution in [0.25, 0.3) is 0 Å². The molecule has 8 nitrogen and oxygen atoms in total. The van der Waals surface area contributed by atoms with Crippen molar-refractivity contribution in [3.8, 4) is 0 Å². The molecule has 1 heterocycles. The second kappa shape index (κ2) is 9.05. The summed E-state index contributed by atoms with van der Waals surface area (Å²) >= 11 is 6.11. The zero-order valence-corrected chi connectivity index (χ0v) is 16.8. The minimum Gasteiger partial charge on any atom is -0.455 e. The van der Waals surface area contributed by atoms with Crippen molar-refractivity contribution in [1.82, 2.24) is 15.5 Å². The number of carbonyl (C=O) groups is 4. The van der Waals surface area contributed by atoms with E-state index in [2.05, 4.69) is 10.6 Å². The molecular weight excluding hydrogens is 386 g/mol. The molecular formula is C19H24ClN3O5. The van der Waals surface area contributed by atoms with Gasteiger partial charge < -0.3 is 15.0 Å². The zero-order valence-electron chi connectivity index (χ0n) is 16.1. The predicted octanol–water partition coefficient (Wildman–Crippen LogP) is 1.86. The monoisotopic (exact) mass is 409 g/mol. The van der Waals surface area contributed by atoms with Crippen molar-refractivity contribution in [2.24, 2.45) is 5.92 Å². The topological polar surface area (TPSA) is 105 Å². The SMILES string of the molecule is CC(C)(C)NC(=O)NC(=O)COC(=O)[C@H]1CC(=O)N(Cc2ccccc2Cl)C1. The number of nitrogens with one attached hydrogen (secondary N) is 2. The Labute approximate surface area is 168 Å². The Morgan fingerprint density at radius 1 is 1.25 bits per heavy atom. The molecule has 0 bridgehead atoms. The number of ether oxygens (including phenoxy) is 1. The Balaban J connectivity index is 1.80. The minimum atomic E-state index is -0.743. The molecule has 4 amide bonds. The normalized spacial score (nSPS) is 16.6. The number of imide groups is 1. The van der Waals surface area contributed by atoms with Crippen LogP contribution in [0.4, 0.5) is 4.79 Å². The Bertz CT molecular complexity index is 775. The Hall–Kier alpha value is -2.61. The zero-order chi connectivity index (χ0) is 20.9. The third-order valence-electron chi connectivity index (χ3n) is 3.95. The van der Waals surface area contributed by atoms with E-state index in [1.165, 1.54) is 4.90 Å². The number of nitrogens with zero attached hydrogens (tertiary/aromatic N) is 1. The van der Waals surface area contributed by atoms with E-state index >= 15 is 0 Å². The lowest BCUT2D eigenvalue weighted by Gasteiger charge is -2.20. The van der Waals surface area contributed by atoms with Gasteiger partial charge in [0.05, 0.1) is 5.92 Å². The minimum absolute atomic E-state index is 0.00934. The molecule has 0 saturated carbocycles. The van der Waals surface area contributed by atoms with Crippen LogP contribution < -0.4 is 10.6 Å². The summed E-state index contributed by atoms with van der Waals surface area (Å²) in [7, 11) is 0. The quantitative estimate of drug-likeness (QED) is 0.722. The average Bonchev–Trinajstić information content (AvgIpc) is 2.94. The number of hydrogen-bond acceptors (Lipinski definition) is 5. The molecule has 1 saturated heterocycles. The van der Waals surface area contributed by atoms with Gasteiger partial charge >= 0.3 is 12.0 Å². The summed E-state index contributed by atoms with van der Waals surface area (Å²) in [5.74, 6) is -2.24.